The minimum Gasteiger partial charge on any atom is -0.497 e. The van der Waals surface area contributed by atoms with Crippen molar-refractivity contribution < 1.29 is 9.53 Å². The standard InChI is InChI=1S/C21H27N3O2.2ClH/c1-26-20-9-5-16(6-10-20)11-13-24(15-19-4-2-3-12-23-19)21(25)17-7-8-18(22)14-17;;/h2-6,9-10,12,17-18H,7-8,11,13-15,22H2,1H3;2*1H/t17-,18+;;/m0../s1. The third-order valence-electron chi connectivity index (χ3n) is 5.04. The molecule has 1 aliphatic carbocycles. The summed E-state index contributed by atoms with van der Waals surface area (Å²) < 4.78 is 5.20. The molecule has 1 aromatic carbocycles. The normalized spacial score (nSPS) is 17.9. The quantitative estimate of drug-likeness (QED) is 0.734. The topological polar surface area (TPSA) is 68.5 Å². The van der Waals surface area contributed by atoms with Gasteiger partial charge in [-0.3, -0.25) is 9.78 Å². The molecule has 2 atom stereocenters. The Kier molecular flexibility index (Phi) is 10.3. The van der Waals surface area contributed by atoms with E-state index in [1.165, 1.54) is 5.56 Å². The Hall–Kier alpha value is -1.82. The van der Waals surface area contributed by atoms with Gasteiger partial charge in [0.1, 0.15) is 5.75 Å². The Morgan fingerprint density at radius 2 is 1.93 bits per heavy atom. The molecule has 1 aliphatic rings. The van der Waals surface area contributed by atoms with Gasteiger partial charge in [0.15, 0.2) is 0 Å². The number of rotatable bonds is 7. The maximum absolute atomic E-state index is 13.0. The summed E-state index contributed by atoms with van der Waals surface area (Å²) in [4.78, 5) is 19.4. The summed E-state index contributed by atoms with van der Waals surface area (Å²) in [6, 6.07) is 14.0. The molecule has 2 aromatic rings. The highest BCUT2D eigenvalue weighted by atomic mass is 35.5. The van der Waals surface area contributed by atoms with Crippen LogP contribution >= 0.6 is 24.8 Å². The molecular weight excluding hydrogens is 397 g/mol. The zero-order valence-electron chi connectivity index (χ0n) is 16.1. The molecule has 0 spiro atoms. The first-order valence-corrected chi connectivity index (χ1v) is 9.23. The molecule has 0 unspecified atom stereocenters. The number of ether oxygens (including phenoxy) is 1. The third-order valence-corrected chi connectivity index (χ3v) is 5.04. The van der Waals surface area contributed by atoms with Gasteiger partial charge in [-0.2, -0.15) is 0 Å². The SMILES string of the molecule is COc1ccc(CCN(Cc2ccccn2)C(=O)[C@H]2CC[C@@H](N)C2)cc1.Cl.Cl. The number of benzene rings is 1. The molecule has 2 N–H and O–H groups in total. The summed E-state index contributed by atoms with van der Waals surface area (Å²) in [6.07, 6.45) is 5.20. The molecule has 1 amide bonds. The second kappa shape index (κ2) is 11.9. The van der Waals surface area contributed by atoms with Gasteiger partial charge < -0.3 is 15.4 Å². The fourth-order valence-electron chi connectivity index (χ4n) is 3.51. The summed E-state index contributed by atoms with van der Waals surface area (Å²) in [5.41, 5.74) is 8.12. The molecule has 0 aliphatic heterocycles. The van der Waals surface area contributed by atoms with Crippen LogP contribution in [-0.2, 0) is 17.8 Å². The van der Waals surface area contributed by atoms with Crippen LogP contribution in [0.4, 0.5) is 0 Å². The van der Waals surface area contributed by atoms with Crippen LogP contribution in [0.1, 0.15) is 30.5 Å². The van der Waals surface area contributed by atoms with Gasteiger partial charge in [0.25, 0.3) is 0 Å². The minimum atomic E-state index is 0. The number of nitrogens with two attached hydrogens (primary N) is 1. The minimum absolute atomic E-state index is 0. The van der Waals surface area contributed by atoms with E-state index in [2.05, 4.69) is 4.98 Å². The van der Waals surface area contributed by atoms with E-state index in [4.69, 9.17) is 10.5 Å². The van der Waals surface area contributed by atoms with Crippen molar-refractivity contribution in [2.24, 2.45) is 11.7 Å². The fraction of sp³-hybridized carbons (Fsp3) is 0.429. The van der Waals surface area contributed by atoms with Gasteiger partial charge in [0, 0.05) is 24.7 Å². The number of nitrogens with zero attached hydrogens (tertiary/aromatic N) is 2. The molecule has 28 heavy (non-hydrogen) atoms. The Morgan fingerprint density at radius 1 is 1.18 bits per heavy atom. The highest BCUT2D eigenvalue weighted by Gasteiger charge is 2.31. The van der Waals surface area contributed by atoms with Gasteiger partial charge >= 0.3 is 0 Å². The molecule has 1 fully saturated rings. The van der Waals surface area contributed by atoms with Crippen LogP contribution in [0, 0.1) is 5.92 Å². The smallest absolute Gasteiger partial charge is 0.226 e. The largest absolute Gasteiger partial charge is 0.497 e. The van der Waals surface area contributed by atoms with Gasteiger partial charge in [-0.15, -0.1) is 24.8 Å². The Morgan fingerprint density at radius 3 is 2.50 bits per heavy atom. The maximum atomic E-state index is 13.0. The molecule has 1 saturated carbocycles. The van der Waals surface area contributed by atoms with Crippen LogP contribution < -0.4 is 10.5 Å². The zero-order chi connectivity index (χ0) is 18.4. The van der Waals surface area contributed by atoms with Gasteiger partial charge in [0.2, 0.25) is 5.91 Å². The summed E-state index contributed by atoms with van der Waals surface area (Å²) >= 11 is 0. The number of carbonyl (C=O) groups excluding carboxylic acids is 1. The van der Waals surface area contributed by atoms with Crippen LogP contribution in [0.15, 0.2) is 48.7 Å². The van der Waals surface area contributed by atoms with Gasteiger partial charge in [-0.05, 0) is 55.5 Å². The first-order chi connectivity index (χ1) is 12.7. The third kappa shape index (κ3) is 6.66. The average Bonchev–Trinajstić information content (AvgIpc) is 3.12. The van der Waals surface area contributed by atoms with Gasteiger partial charge in [-0.25, -0.2) is 0 Å². The van der Waals surface area contributed by atoms with E-state index in [0.29, 0.717) is 13.1 Å². The van der Waals surface area contributed by atoms with Crippen molar-refractivity contribution in [2.45, 2.75) is 38.3 Å². The van der Waals surface area contributed by atoms with Gasteiger partial charge in [0.05, 0.1) is 19.3 Å². The van der Waals surface area contributed by atoms with Crippen molar-refractivity contribution in [1.29, 1.82) is 0 Å². The number of aromatic nitrogens is 1. The Balaban J connectivity index is 0.00000196. The monoisotopic (exact) mass is 425 g/mol. The summed E-state index contributed by atoms with van der Waals surface area (Å²) in [5, 5.41) is 0. The molecular formula is C21H29Cl2N3O2. The van der Waals surface area contributed by atoms with E-state index in [1.807, 2.05) is 47.4 Å². The van der Waals surface area contributed by atoms with Crippen molar-refractivity contribution in [1.82, 2.24) is 9.88 Å². The molecule has 3 rings (SSSR count). The van der Waals surface area contributed by atoms with Crippen molar-refractivity contribution in [2.75, 3.05) is 13.7 Å². The lowest BCUT2D eigenvalue weighted by atomic mass is 10.0. The summed E-state index contributed by atoms with van der Waals surface area (Å²) in [5.74, 6) is 1.09. The van der Waals surface area contributed by atoms with E-state index >= 15 is 0 Å². The maximum Gasteiger partial charge on any atom is 0.226 e. The van der Waals surface area contributed by atoms with Crippen molar-refractivity contribution in [3.8, 4) is 5.75 Å². The Bertz CT molecular complexity index is 713. The van der Waals surface area contributed by atoms with E-state index in [9.17, 15) is 4.79 Å². The molecule has 0 radical (unpaired) electrons. The lowest BCUT2D eigenvalue weighted by Gasteiger charge is -2.25. The number of hydrogen-bond donors (Lipinski definition) is 1. The summed E-state index contributed by atoms with van der Waals surface area (Å²) in [7, 11) is 1.66. The van der Waals surface area contributed by atoms with Crippen molar-refractivity contribution in [3.05, 3.63) is 59.9 Å². The van der Waals surface area contributed by atoms with Gasteiger partial charge in [-0.1, -0.05) is 18.2 Å². The van der Waals surface area contributed by atoms with Crippen LogP contribution in [0.25, 0.3) is 0 Å². The molecule has 0 saturated heterocycles. The van der Waals surface area contributed by atoms with E-state index in [-0.39, 0.29) is 42.7 Å². The summed E-state index contributed by atoms with van der Waals surface area (Å²) in [6.45, 7) is 1.22. The van der Waals surface area contributed by atoms with E-state index in [1.54, 1.807) is 13.3 Å². The lowest BCUT2D eigenvalue weighted by molar-refractivity contribution is -0.136. The number of halogens is 2. The predicted octanol–water partition coefficient (Wildman–Crippen LogP) is 3.63. The van der Waals surface area contributed by atoms with Crippen LogP contribution in [0.5, 0.6) is 5.75 Å². The van der Waals surface area contributed by atoms with E-state index < -0.39 is 0 Å². The highest BCUT2D eigenvalue weighted by molar-refractivity contribution is 5.85. The number of pyridine rings is 1. The lowest BCUT2D eigenvalue weighted by Crippen LogP contribution is -2.37. The molecule has 0 bridgehead atoms. The molecule has 154 valence electrons. The van der Waals surface area contributed by atoms with Crippen LogP contribution in [0.3, 0.4) is 0 Å². The van der Waals surface area contributed by atoms with Crippen molar-refractivity contribution in [3.63, 3.8) is 0 Å². The van der Waals surface area contributed by atoms with Crippen LogP contribution in [-0.4, -0.2) is 35.5 Å². The fourth-order valence-corrected chi connectivity index (χ4v) is 3.51. The van der Waals surface area contributed by atoms with E-state index in [0.717, 1.165) is 37.1 Å². The van der Waals surface area contributed by atoms with Crippen molar-refractivity contribution >= 4 is 30.7 Å². The Labute approximate surface area is 179 Å². The zero-order valence-corrected chi connectivity index (χ0v) is 17.8. The second-order valence-corrected chi connectivity index (χ2v) is 6.95. The average molecular weight is 426 g/mol. The molecule has 1 aromatic heterocycles. The second-order valence-electron chi connectivity index (χ2n) is 6.95. The molecule has 1 heterocycles. The first-order valence-electron chi connectivity index (χ1n) is 9.23. The highest BCUT2D eigenvalue weighted by Crippen LogP contribution is 2.26. The molecule has 5 nitrogen and oxygen atoms in total. The number of amides is 1. The number of methoxy groups -OCH3 is 1. The molecule has 7 heteroatoms. The van der Waals surface area contributed by atoms with Crippen LogP contribution in [0.2, 0.25) is 0 Å². The first kappa shape index (κ1) is 24.2. The number of carbonyl (C=O) groups is 1. The number of hydrogen-bond acceptors (Lipinski definition) is 4. The predicted molar refractivity (Wildman–Crippen MR) is 116 cm³/mol.